The Bertz CT molecular complexity index is 1130. The van der Waals surface area contributed by atoms with Crippen LogP contribution in [0, 0.1) is 0 Å². The van der Waals surface area contributed by atoms with Crippen LogP contribution in [0.25, 0.3) is 21.9 Å². The Morgan fingerprint density at radius 2 is 1.79 bits per heavy atom. The number of carbonyl (C=O) groups excluding carboxylic acids is 2. The van der Waals surface area contributed by atoms with E-state index in [1.165, 1.54) is 12.1 Å². The summed E-state index contributed by atoms with van der Waals surface area (Å²) < 4.78 is 5.38. The molecule has 8 nitrogen and oxygen atoms in total. The van der Waals surface area contributed by atoms with Crippen molar-refractivity contribution < 1.29 is 83.3 Å². The molecule has 1 N–H and O–H groups in total. The normalized spacial score (nSPS) is 10.2. The van der Waals surface area contributed by atoms with Gasteiger partial charge in [-0.1, -0.05) is 13.3 Å². The number of hydrogen-bond donors (Lipinski definition) is 1. The van der Waals surface area contributed by atoms with E-state index in [1.807, 2.05) is 6.92 Å². The zero-order chi connectivity index (χ0) is 19.0. The topological polar surface area (TPSA) is 135 Å². The molecule has 3 rings (SSSR count). The van der Waals surface area contributed by atoms with Crippen molar-refractivity contribution in [3.8, 4) is 0 Å². The Labute approximate surface area is 203 Å². The van der Waals surface area contributed by atoms with Crippen molar-refractivity contribution in [1.29, 1.82) is 0 Å². The molecule has 0 saturated carbocycles. The molecule has 28 heavy (non-hydrogen) atoms. The maximum atomic E-state index is 12.4. The number of carbonyl (C=O) groups is 2. The molecule has 3 aromatic rings. The van der Waals surface area contributed by atoms with Gasteiger partial charge >= 0.3 is 59.1 Å². The number of aromatic nitrogens is 1. The van der Waals surface area contributed by atoms with Gasteiger partial charge in [-0.3, -0.25) is 4.79 Å². The van der Waals surface area contributed by atoms with Gasteiger partial charge < -0.3 is 29.5 Å². The molecule has 0 spiro atoms. The van der Waals surface area contributed by atoms with Gasteiger partial charge in [0.15, 0.2) is 11.2 Å². The van der Waals surface area contributed by atoms with Gasteiger partial charge in [0.25, 0.3) is 0 Å². The molecular weight excluding hydrogens is 386 g/mol. The summed E-state index contributed by atoms with van der Waals surface area (Å²) >= 11 is 0. The molecule has 0 atom stereocenters. The number of carboxylic acid groups (broad SMARTS) is 2. The number of rotatable bonds is 5. The minimum Gasteiger partial charge on any atom is -0.543 e. The van der Waals surface area contributed by atoms with Crippen molar-refractivity contribution in [1.82, 2.24) is 4.98 Å². The van der Waals surface area contributed by atoms with Gasteiger partial charge in [-0.15, -0.1) is 0 Å². The van der Waals surface area contributed by atoms with E-state index >= 15 is 0 Å². The van der Waals surface area contributed by atoms with Crippen LogP contribution in [0.3, 0.4) is 0 Å². The van der Waals surface area contributed by atoms with Gasteiger partial charge in [0, 0.05) is 29.8 Å². The van der Waals surface area contributed by atoms with E-state index < -0.39 is 23.1 Å². The van der Waals surface area contributed by atoms with E-state index in [0.717, 1.165) is 6.07 Å². The van der Waals surface area contributed by atoms with Crippen LogP contribution in [0.1, 0.15) is 40.0 Å². The second-order valence-electron chi connectivity index (χ2n) is 5.73. The molecule has 0 amide bonds. The quantitative estimate of drug-likeness (QED) is 0.330. The molecule has 0 saturated heterocycles. The Balaban J connectivity index is 0.00000196. The number of benzene rings is 1. The molecule has 0 aliphatic rings. The van der Waals surface area contributed by atoms with Crippen molar-refractivity contribution >= 4 is 39.5 Å². The maximum absolute atomic E-state index is 12.4. The van der Waals surface area contributed by atoms with Crippen LogP contribution in [-0.2, 0) is 6.42 Å². The van der Waals surface area contributed by atoms with E-state index in [4.69, 9.17) is 4.42 Å². The van der Waals surface area contributed by atoms with Crippen LogP contribution in [0.4, 0.5) is 5.69 Å². The standard InChI is InChI=1S/C18H16N2O6.2Na/c1-3-4-8-15-9(11(19-2)6-12(20-15)17(22)23)5-10-13(21)7-14(18(24)25)26-16(8)10;;/h5-7H,3-4H2,1-2H3,(H,19,20)(H,22,23)(H,24,25);;/q;2*+1/p-2. The van der Waals surface area contributed by atoms with Gasteiger partial charge in [0.05, 0.1) is 22.6 Å². The average Bonchev–Trinajstić information content (AvgIpc) is 2.61. The SMILES string of the molecule is CCCc1c2nc(C(=O)[O-])cc(NC)c2cc2c(=O)cc(C(=O)[O-])oc12.[Na+].[Na+]. The molecule has 0 aliphatic carbocycles. The van der Waals surface area contributed by atoms with Gasteiger partial charge in [-0.25, -0.2) is 4.98 Å². The predicted octanol–water partition coefficient (Wildman–Crippen LogP) is -5.93. The average molecular weight is 400 g/mol. The van der Waals surface area contributed by atoms with E-state index in [1.54, 1.807) is 7.05 Å². The molecule has 0 bridgehead atoms. The molecule has 10 heteroatoms. The van der Waals surface area contributed by atoms with Gasteiger partial charge in [0.2, 0.25) is 0 Å². The molecule has 2 aromatic heterocycles. The molecular formula is C18H14N2Na2O6. The number of fused-ring (bicyclic) bond motifs is 2. The van der Waals surface area contributed by atoms with Crippen molar-refractivity contribution in [2.24, 2.45) is 0 Å². The van der Waals surface area contributed by atoms with Crippen LogP contribution in [-0.4, -0.2) is 24.0 Å². The summed E-state index contributed by atoms with van der Waals surface area (Å²) in [7, 11) is 1.61. The number of carboxylic acids is 2. The number of pyridine rings is 1. The van der Waals surface area contributed by atoms with Crippen molar-refractivity contribution in [2.45, 2.75) is 19.8 Å². The van der Waals surface area contributed by atoms with Crippen LogP contribution in [0.5, 0.6) is 0 Å². The van der Waals surface area contributed by atoms with Crippen molar-refractivity contribution in [3.05, 3.63) is 45.4 Å². The van der Waals surface area contributed by atoms with Crippen LogP contribution < -0.4 is 80.1 Å². The zero-order valence-corrected chi connectivity index (χ0v) is 20.0. The molecule has 0 fully saturated rings. The summed E-state index contributed by atoms with van der Waals surface area (Å²) in [6.45, 7) is 1.88. The van der Waals surface area contributed by atoms with Crippen molar-refractivity contribution in [2.75, 3.05) is 12.4 Å². The zero-order valence-electron chi connectivity index (χ0n) is 16.0. The van der Waals surface area contributed by atoms with Gasteiger partial charge in [0.1, 0.15) is 11.6 Å². The third kappa shape index (κ3) is 4.42. The summed E-state index contributed by atoms with van der Waals surface area (Å²) in [6.07, 6.45) is 1.04. The summed E-state index contributed by atoms with van der Waals surface area (Å²) in [4.78, 5) is 38.9. The minimum atomic E-state index is -1.61. The number of aryl methyl sites for hydroxylation is 1. The van der Waals surface area contributed by atoms with Crippen molar-refractivity contribution in [3.63, 3.8) is 0 Å². The first-order chi connectivity index (χ1) is 12.4. The summed E-state index contributed by atoms with van der Waals surface area (Å²) in [5, 5.41) is 26.0. The Kier molecular flexibility index (Phi) is 8.67. The van der Waals surface area contributed by atoms with Crippen LogP contribution >= 0.6 is 0 Å². The molecule has 0 aliphatic heterocycles. The molecule has 134 valence electrons. The summed E-state index contributed by atoms with van der Waals surface area (Å²) in [5.74, 6) is -3.65. The number of anilines is 1. The van der Waals surface area contributed by atoms with Gasteiger partial charge in [-0.05, 0) is 18.6 Å². The Hall–Kier alpha value is -1.42. The van der Waals surface area contributed by atoms with E-state index in [2.05, 4.69) is 10.3 Å². The number of nitrogens with one attached hydrogen (secondary N) is 1. The largest absolute Gasteiger partial charge is 1.00 e. The first kappa shape index (κ1) is 24.6. The van der Waals surface area contributed by atoms with E-state index in [-0.39, 0.29) is 75.8 Å². The predicted molar refractivity (Wildman–Crippen MR) is 90.0 cm³/mol. The van der Waals surface area contributed by atoms with E-state index in [9.17, 15) is 24.6 Å². The van der Waals surface area contributed by atoms with Gasteiger partial charge in [-0.2, -0.15) is 0 Å². The summed E-state index contributed by atoms with van der Waals surface area (Å²) in [5.41, 5.74) is 0.476. The second-order valence-corrected chi connectivity index (χ2v) is 5.73. The Morgan fingerprint density at radius 3 is 2.32 bits per heavy atom. The summed E-state index contributed by atoms with van der Waals surface area (Å²) in [6, 6.07) is 3.68. The van der Waals surface area contributed by atoms with E-state index in [0.29, 0.717) is 35.0 Å². The molecule has 0 unspecified atom stereocenters. The fraction of sp³-hybridized carbons (Fsp3) is 0.222. The number of hydrogen-bond acceptors (Lipinski definition) is 8. The minimum absolute atomic E-state index is 0. The van der Waals surface area contributed by atoms with Crippen LogP contribution in [0.15, 0.2) is 27.4 Å². The molecule has 1 aromatic carbocycles. The first-order valence-corrected chi connectivity index (χ1v) is 7.92. The molecule has 2 heterocycles. The fourth-order valence-corrected chi connectivity index (χ4v) is 2.94. The number of aromatic carboxylic acids is 2. The maximum Gasteiger partial charge on any atom is 1.00 e. The Morgan fingerprint density at radius 1 is 1.11 bits per heavy atom. The van der Waals surface area contributed by atoms with Crippen LogP contribution in [0.2, 0.25) is 0 Å². The first-order valence-electron chi connectivity index (χ1n) is 7.92. The second kappa shape index (κ2) is 9.87. The third-order valence-electron chi connectivity index (χ3n) is 4.07. The smallest absolute Gasteiger partial charge is 0.543 e. The number of nitrogens with zero attached hydrogens (tertiary/aromatic N) is 1. The third-order valence-corrected chi connectivity index (χ3v) is 4.07. The monoisotopic (exact) mass is 400 g/mol. The fourth-order valence-electron chi connectivity index (χ4n) is 2.94. The molecule has 0 radical (unpaired) electrons.